The van der Waals surface area contributed by atoms with E-state index in [1.807, 2.05) is 27.2 Å². The van der Waals surface area contributed by atoms with Gasteiger partial charge < -0.3 is 19.8 Å². The zero-order valence-corrected chi connectivity index (χ0v) is 44.7. The molecule has 386 valence electrons. The van der Waals surface area contributed by atoms with E-state index in [1.165, 1.54) is 51.4 Å². The van der Waals surface area contributed by atoms with Crippen molar-refractivity contribution in [3.63, 3.8) is 0 Å². The van der Waals surface area contributed by atoms with Gasteiger partial charge in [-0.1, -0.05) is 199 Å². The zero-order chi connectivity index (χ0) is 49.9. The van der Waals surface area contributed by atoms with Crippen LogP contribution in [0.25, 0.3) is 0 Å². The molecule has 8 nitrogen and oxygen atoms in total. The number of nitrogens with zero attached hydrogens (tertiary/aromatic N) is 1. The van der Waals surface area contributed by atoms with Crippen LogP contribution in [-0.4, -0.2) is 73.4 Å². The van der Waals surface area contributed by atoms with Gasteiger partial charge in [-0.3, -0.25) is 13.8 Å². The lowest BCUT2D eigenvalue weighted by Gasteiger charge is -2.25. The van der Waals surface area contributed by atoms with Crippen LogP contribution in [0.3, 0.4) is 0 Å². The molecule has 68 heavy (non-hydrogen) atoms. The van der Waals surface area contributed by atoms with Crippen molar-refractivity contribution in [2.45, 2.75) is 193 Å². The van der Waals surface area contributed by atoms with Crippen molar-refractivity contribution in [2.24, 2.45) is 0 Å². The third-order valence-corrected chi connectivity index (χ3v) is 11.8. The van der Waals surface area contributed by atoms with Gasteiger partial charge in [-0.05, 0) is 109 Å². The normalized spacial score (nSPS) is 15.1. The van der Waals surface area contributed by atoms with Gasteiger partial charge in [0.05, 0.1) is 39.9 Å². The van der Waals surface area contributed by atoms with Gasteiger partial charge in [-0.15, -0.1) is 0 Å². The highest BCUT2D eigenvalue weighted by Crippen LogP contribution is 2.43. The summed E-state index contributed by atoms with van der Waals surface area (Å²) in [5, 5.41) is 13.8. The van der Waals surface area contributed by atoms with Crippen molar-refractivity contribution < 1.29 is 32.9 Å². The monoisotopic (exact) mass is 964 g/mol. The van der Waals surface area contributed by atoms with Crippen LogP contribution in [0.2, 0.25) is 0 Å². The number of rotatable bonds is 46. The maximum absolute atomic E-state index is 12.9. The second kappa shape index (κ2) is 48.7. The Bertz CT molecular complexity index is 1560. The van der Waals surface area contributed by atoms with E-state index in [-0.39, 0.29) is 19.1 Å². The molecule has 3 unspecified atom stereocenters. The summed E-state index contributed by atoms with van der Waals surface area (Å²) in [6.07, 6.45) is 74.0. The molecule has 0 radical (unpaired) electrons. The molecule has 0 aromatic carbocycles. The Hall–Kier alpha value is -3.36. The number of nitrogens with one attached hydrogen (secondary N) is 1. The SMILES string of the molecule is CC/C=C\C/C=C\C/C=C\C/C=C\C/C=C\C/C=C\C/C=C\C/C=C\CCCCCCC(=O)NC(COP(=O)(O)OCC[N+](C)(C)C)C(O)/C=C/CC/C=C/CC/C=C/CCCCCCCCC. The molecule has 0 aliphatic heterocycles. The maximum atomic E-state index is 12.9. The fraction of sp³-hybridized carbons (Fsp3) is 0.610. The first kappa shape index (κ1) is 64.6. The molecule has 3 atom stereocenters. The van der Waals surface area contributed by atoms with E-state index < -0.39 is 20.0 Å². The summed E-state index contributed by atoms with van der Waals surface area (Å²) in [6, 6.07) is -0.894. The highest BCUT2D eigenvalue weighted by Gasteiger charge is 2.27. The molecule has 0 bridgehead atoms. The van der Waals surface area contributed by atoms with Crippen LogP contribution in [0.15, 0.2) is 134 Å². The van der Waals surface area contributed by atoms with Crippen molar-refractivity contribution in [2.75, 3.05) is 40.9 Å². The second-order valence-corrected chi connectivity index (χ2v) is 19.9. The Morgan fingerprint density at radius 2 is 0.897 bits per heavy atom. The molecule has 3 N–H and O–H groups in total. The van der Waals surface area contributed by atoms with E-state index in [2.05, 4.69) is 141 Å². The number of phosphoric acid groups is 1. The van der Waals surface area contributed by atoms with Gasteiger partial charge in [0.2, 0.25) is 5.91 Å². The summed E-state index contributed by atoms with van der Waals surface area (Å²) >= 11 is 0. The maximum Gasteiger partial charge on any atom is 0.472 e. The van der Waals surface area contributed by atoms with Gasteiger partial charge in [-0.25, -0.2) is 4.57 Å². The van der Waals surface area contributed by atoms with E-state index >= 15 is 0 Å². The smallest absolute Gasteiger partial charge is 0.387 e. The number of hydrogen-bond acceptors (Lipinski definition) is 5. The molecule has 0 heterocycles. The van der Waals surface area contributed by atoms with Crippen molar-refractivity contribution in [3.8, 4) is 0 Å². The molecule has 0 rings (SSSR count). The predicted octanol–water partition coefficient (Wildman–Crippen LogP) is 16.0. The molecule has 0 aliphatic rings. The third-order valence-electron chi connectivity index (χ3n) is 10.8. The molecule has 0 aromatic heterocycles. The summed E-state index contributed by atoms with van der Waals surface area (Å²) in [7, 11) is 1.50. The number of amides is 1. The molecular weight excluding hydrogens is 864 g/mol. The van der Waals surface area contributed by atoms with Crippen LogP contribution in [0.4, 0.5) is 0 Å². The second-order valence-electron chi connectivity index (χ2n) is 18.5. The summed E-state index contributed by atoms with van der Waals surface area (Å²) in [5.74, 6) is -0.222. The minimum Gasteiger partial charge on any atom is -0.387 e. The Morgan fingerprint density at radius 1 is 0.515 bits per heavy atom. The Kier molecular flexibility index (Phi) is 46.3. The molecule has 0 saturated carbocycles. The summed E-state index contributed by atoms with van der Waals surface area (Å²) < 4.78 is 23.6. The van der Waals surface area contributed by atoms with Crippen molar-refractivity contribution in [1.29, 1.82) is 0 Å². The molecule has 0 spiro atoms. The van der Waals surface area contributed by atoms with Crippen LogP contribution in [0, 0.1) is 0 Å². The molecule has 0 saturated heterocycles. The zero-order valence-electron chi connectivity index (χ0n) is 43.8. The fourth-order valence-electron chi connectivity index (χ4n) is 6.67. The number of hydrogen-bond donors (Lipinski definition) is 3. The summed E-state index contributed by atoms with van der Waals surface area (Å²) in [5.41, 5.74) is 0. The number of unbranched alkanes of at least 4 members (excludes halogenated alkanes) is 13. The summed E-state index contributed by atoms with van der Waals surface area (Å²) in [6.45, 7) is 4.62. The van der Waals surface area contributed by atoms with Crippen LogP contribution in [0.5, 0.6) is 0 Å². The van der Waals surface area contributed by atoms with Gasteiger partial charge in [0.1, 0.15) is 13.2 Å². The quantitative estimate of drug-likeness (QED) is 0.0243. The first-order valence-electron chi connectivity index (χ1n) is 26.6. The number of carbonyl (C=O) groups is 1. The average molecular weight is 964 g/mol. The van der Waals surface area contributed by atoms with E-state index in [9.17, 15) is 19.4 Å². The third kappa shape index (κ3) is 50.5. The highest BCUT2D eigenvalue weighted by molar-refractivity contribution is 7.47. The lowest BCUT2D eigenvalue weighted by Crippen LogP contribution is -2.45. The van der Waals surface area contributed by atoms with Gasteiger partial charge in [0.25, 0.3) is 0 Å². The van der Waals surface area contributed by atoms with Crippen LogP contribution < -0.4 is 5.32 Å². The minimum atomic E-state index is -4.37. The Labute approximate surface area is 417 Å². The van der Waals surface area contributed by atoms with Gasteiger partial charge in [-0.2, -0.15) is 0 Å². The molecule has 1 amide bonds. The van der Waals surface area contributed by atoms with E-state index in [0.717, 1.165) is 109 Å². The number of allylic oxidation sites excluding steroid dienone is 21. The fourth-order valence-corrected chi connectivity index (χ4v) is 7.41. The summed E-state index contributed by atoms with van der Waals surface area (Å²) in [4.78, 5) is 23.2. The molecule has 0 aromatic rings. The van der Waals surface area contributed by atoms with Gasteiger partial charge in [0, 0.05) is 6.42 Å². The van der Waals surface area contributed by atoms with E-state index in [1.54, 1.807) is 6.08 Å². The first-order chi connectivity index (χ1) is 33.0. The number of quaternary nitrogens is 1. The van der Waals surface area contributed by atoms with Crippen LogP contribution in [-0.2, 0) is 18.4 Å². The molecule has 0 fully saturated rings. The molecule has 9 heteroatoms. The molecular formula is C59H100N2O6P+. The van der Waals surface area contributed by atoms with Crippen molar-refractivity contribution >= 4 is 13.7 Å². The largest absolute Gasteiger partial charge is 0.472 e. The lowest BCUT2D eigenvalue weighted by atomic mass is 10.1. The number of aliphatic hydroxyl groups is 1. The lowest BCUT2D eigenvalue weighted by molar-refractivity contribution is -0.870. The van der Waals surface area contributed by atoms with E-state index in [4.69, 9.17) is 9.05 Å². The van der Waals surface area contributed by atoms with Crippen LogP contribution >= 0.6 is 7.82 Å². The predicted molar refractivity (Wildman–Crippen MR) is 294 cm³/mol. The number of carbonyl (C=O) groups excluding carboxylic acids is 1. The number of likely N-dealkylation sites (N-methyl/N-ethyl adjacent to an activating group) is 1. The van der Waals surface area contributed by atoms with Crippen molar-refractivity contribution in [1.82, 2.24) is 5.32 Å². The molecule has 0 aliphatic carbocycles. The topological polar surface area (TPSA) is 105 Å². The number of phosphoric ester groups is 1. The highest BCUT2D eigenvalue weighted by atomic mass is 31.2. The van der Waals surface area contributed by atoms with Crippen molar-refractivity contribution in [3.05, 3.63) is 134 Å². The Balaban J connectivity index is 4.42. The Morgan fingerprint density at radius 3 is 1.35 bits per heavy atom. The van der Waals surface area contributed by atoms with Crippen LogP contribution in [0.1, 0.15) is 181 Å². The van der Waals surface area contributed by atoms with Gasteiger partial charge >= 0.3 is 7.82 Å². The van der Waals surface area contributed by atoms with Gasteiger partial charge in [0.15, 0.2) is 0 Å². The number of aliphatic hydroxyl groups excluding tert-OH is 1. The standard InChI is InChI=1S/C59H99N2O6P/c1-6-8-10-12-14-16-18-20-22-24-25-26-27-28-29-30-31-32-33-34-35-37-39-41-43-45-47-49-51-53-59(63)60-57(56-67-68(64,65)66-55-54-61(3,4)5)58(62)52-50-48-46-44-42-40-38-36-23-21-19-17-15-13-11-9-7-2/h8,10,14,16,20,22-23,25-26,28-29,31-32,34-36,39,41-42,44,50,52,57-58,62H,6-7,9,11-13,15,17-19,21,24,27,30,33,37-38,40,43,45-49,51,53-56H2,1-5H3,(H-,60,63,64,65)/p+1/b10-8-,16-14-,22-20-,26-25-,29-28-,32-31-,35-34-,36-23+,41-39-,44-42+,52-50+. The van der Waals surface area contributed by atoms with E-state index in [0.29, 0.717) is 17.4 Å². The first-order valence-corrected chi connectivity index (χ1v) is 28.1. The minimum absolute atomic E-state index is 0.0401. The average Bonchev–Trinajstić information content (AvgIpc) is 3.30.